The van der Waals surface area contributed by atoms with Gasteiger partial charge >= 0.3 is 0 Å². The van der Waals surface area contributed by atoms with Crippen LogP contribution in [0.2, 0.25) is 10.0 Å². The van der Waals surface area contributed by atoms with Crippen LogP contribution in [0.5, 0.6) is 0 Å². The first kappa shape index (κ1) is 12.7. The maximum absolute atomic E-state index is 12.0. The zero-order valence-corrected chi connectivity index (χ0v) is 10.8. The number of rotatable bonds is 2. The van der Waals surface area contributed by atoms with E-state index in [-0.39, 0.29) is 12.3 Å². The van der Waals surface area contributed by atoms with E-state index in [1.807, 2.05) is 0 Å². The number of halogens is 2. The standard InChI is InChI=1S/C12H13Cl2NO2/c13-10-4-3-5-11(14)9(10)8-12(16)15-6-1-2-7-17-15/h3-5H,1-2,6-8H2. The Morgan fingerprint density at radius 1 is 1.29 bits per heavy atom. The minimum absolute atomic E-state index is 0.0975. The van der Waals surface area contributed by atoms with Crippen LogP contribution in [0.25, 0.3) is 0 Å². The molecule has 1 aromatic carbocycles. The van der Waals surface area contributed by atoms with Crippen LogP contribution in [-0.4, -0.2) is 24.1 Å². The molecule has 0 aliphatic carbocycles. The lowest BCUT2D eigenvalue weighted by Crippen LogP contribution is -2.36. The Hall–Kier alpha value is -0.770. The molecule has 0 radical (unpaired) electrons. The summed E-state index contributed by atoms with van der Waals surface area (Å²) in [6.07, 6.45) is 2.15. The molecule has 1 heterocycles. The van der Waals surface area contributed by atoms with Gasteiger partial charge in [0.25, 0.3) is 5.91 Å². The Morgan fingerprint density at radius 2 is 2.00 bits per heavy atom. The van der Waals surface area contributed by atoms with Crippen molar-refractivity contribution in [2.24, 2.45) is 0 Å². The quantitative estimate of drug-likeness (QED) is 0.829. The highest BCUT2D eigenvalue weighted by atomic mass is 35.5. The highest BCUT2D eigenvalue weighted by molar-refractivity contribution is 6.36. The second-order valence-electron chi connectivity index (χ2n) is 3.91. The van der Waals surface area contributed by atoms with Gasteiger partial charge in [0.15, 0.2) is 0 Å². The van der Waals surface area contributed by atoms with Crippen molar-refractivity contribution in [3.05, 3.63) is 33.8 Å². The van der Waals surface area contributed by atoms with Gasteiger partial charge in [0.1, 0.15) is 0 Å². The van der Waals surface area contributed by atoms with Gasteiger partial charge in [-0.15, -0.1) is 0 Å². The molecule has 0 bridgehead atoms. The highest BCUT2D eigenvalue weighted by Gasteiger charge is 2.20. The van der Waals surface area contributed by atoms with E-state index in [1.54, 1.807) is 18.2 Å². The van der Waals surface area contributed by atoms with E-state index in [0.717, 1.165) is 12.8 Å². The Bertz CT molecular complexity index is 397. The molecule has 1 aliphatic heterocycles. The summed E-state index contributed by atoms with van der Waals surface area (Å²) >= 11 is 12.0. The molecule has 2 rings (SSSR count). The number of hydroxylamine groups is 2. The first-order valence-electron chi connectivity index (χ1n) is 5.54. The van der Waals surface area contributed by atoms with E-state index in [4.69, 9.17) is 28.0 Å². The fraction of sp³-hybridized carbons (Fsp3) is 0.417. The third kappa shape index (κ3) is 3.12. The van der Waals surface area contributed by atoms with Gasteiger partial charge in [0.05, 0.1) is 13.0 Å². The van der Waals surface area contributed by atoms with Crippen molar-refractivity contribution < 1.29 is 9.63 Å². The van der Waals surface area contributed by atoms with Crippen LogP contribution in [0.4, 0.5) is 0 Å². The topological polar surface area (TPSA) is 29.5 Å². The predicted octanol–water partition coefficient (Wildman–Crippen LogP) is 3.09. The molecule has 0 unspecified atom stereocenters. The molecule has 1 fully saturated rings. The lowest BCUT2D eigenvalue weighted by molar-refractivity contribution is -0.196. The Balaban J connectivity index is 2.07. The lowest BCUT2D eigenvalue weighted by Gasteiger charge is -2.26. The van der Waals surface area contributed by atoms with E-state index in [0.29, 0.717) is 28.8 Å². The molecule has 3 nitrogen and oxygen atoms in total. The van der Waals surface area contributed by atoms with Crippen molar-refractivity contribution in [3.63, 3.8) is 0 Å². The monoisotopic (exact) mass is 273 g/mol. The molecule has 5 heteroatoms. The normalized spacial score (nSPS) is 16.0. The van der Waals surface area contributed by atoms with Crippen molar-refractivity contribution in [2.45, 2.75) is 19.3 Å². The molecule has 0 spiro atoms. The maximum atomic E-state index is 12.0. The SMILES string of the molecule is O=C(Cc1c(Cl)cccc1Cl)N1CCCCO1. The summed E-state index contributed by atoms with van der Waals surface area (Å²) in [6, 6.07) is 5.22. The van der Waals surface area contributed by atoms with Crippen molar-refractivity contribution >= 4 is 29.1 Å². The molecule has 1 aliphatic rings. The Labute approximate surface area is 110 Å². The van der Waals surface area contributed by atoms with Gasteiger partial charge in [-0.2, -0.15) is 0 Å². The second kappa shape index (κ2) is 5.71. The molecule has 0 N–H and O–H groups in total. The van der Waals surface area contributed by atoms with Gasteiger partial charge in [-0.3, -0.25) is 9.63 Å². The molecule has 1 aromatic rings. The third-order valence-corrected chi connectivity index (χ3v) is 3.38. The number of hydrogen-bond acceptors (Lipinski definition) is 2. The number of carbonyl (C=O) groups is 1. The van der Waals surface area contributed by atoms with Crippen LogP contribution >= 0.6 is 23.2 Å². The number of nitrogens with zero attached hydrogens (tertiary/aromatic N) is 1. The average Bonchev–Trinajstić information content (AvgIpc) is 2.35. The molecule has 92 valence electrons. The number of carbonyl (C=O) groups excluding carboxylic acids is 1. The summed E-state index contributed by atoms with van der Waals surface area (Å²) in [6.45, 7) is 1.24. The molecule has 0 aromatic heterocycles. The number of benzene rings is 1. The molecule has 1 amide bonds. The predicted molar refractivity (Wildman–Crippen MR) is 67.1 cm³/mol. The number of hydrogen-bond donors (Lipinski definition) is 0. The summed E-state index contributed by atoms with van der Waals surface area (Å²) in [4.78, 5) is 17.2. The van der Waals surface area contributed by atoms with Crippen molar-refractivity contribution in [3.8, 4) is 0 Å². The molecule has 0 atom stereocenters. The largest absolute Gasteiger partial charge is 0.272 e. The van der Waals surface area contributed by atoms with E-state index in [9.17, 15) is 4.79 Å². The van der Waals surface area contributed by atoms with Crippen molar-refractivity contribution in [1.29, 1.82) is 0 Å². The van der Waals surface area contributed by atoms with Gasteiger partial charge in [0, 0.05) is 16.6 Å². The van der Waals surface area contributed by atoms with Gasteiger partial charge in [-0.1, -0.05) is 29.3 Å². The van der Waals surface area contributed by atoms with E-state index >= 15 is 0 Å². The van der Waals surface area contributed by atoms with Crippen molar-refractivity contribution in [2.75, 3.05) is 13.2 Å². The smallest absolute Gasteiger partial charge is 0.250 e. The lowest BCUT2D eigenvalue weighted by atomic mass is 10.1. The summed E-state index contributed by atoms with van der Waals surface area (Å²) in [5, 5.41) is 2.44. The Morgan fingerprint density at radius 3 is 2.59 bits per heavy atom. The van der Waals surface area contributed by atoms with Gasteiger partial charge in [0.2, 0.25) is 0 Å². The van der Waals surface area contributed by atoms with Crippen LogP contribution < -0.4 is 0 Å². The van der Waals surface area contributed by atoms with Crippen LogP contribution in [-0.2, 0) is 16.1 Å². The molecular formula is C12H13Cl2NO2. The van der Waals surface area contributed by atoms with Crippen LogP contribution in [0.15, 0.2) is 18.2 Å². The van der Waals surface area contributed by atoms with Gasteiger partial charge in [-0.25, -0.2) is 5.06 Å². The highest BCUT2D eigenvalue weighted by Crippen LogP contribution is 2.25. The summed E-state index contributed by atoms with van der Waals surface area (Å²) in [5.41, 5.74) is 0.662. The molecular weight excluding hydrogens is 261 g/mol. The fourth-order valence-electron chi connectivity index (χ4n) is 1.73. The van der Waals surface area contributed by atoms with E-state index in [1.165, 1.54) is 5.06 Å². The summed E-state index contributed by atoms with van der Waals surface area (Å²) in [5.74, 6) is -0.0975. The van der Waals surface area contributed by atoms with Crippen molar-refractivity contribution in [1.82, 2.24) is 5.06 Å². The first-order chi connectivity index (χ1) is 8.18. The number of amides is 1. The molecule has 0 saturated carbocycles. The maximum Gasteiger partial charge on any atom is 0.250 e. The second-order valence-corrected chi connectivity index (χ2v) is 4.73. The third-order valence-electron chi connectivity index (χ3n) is 2.67. The zero-order valence-electron chi connectivity index (χ0n) is 9.29. The van der Waals surface area contributed by atoms with Gasteiger partial charge < -0.3 is 0 Å². The minimum Gasteiger partial charge on any atom is -0.272 e. The summed E-state index contributed by atoms with van der Waals surface area (Å²) < 4.78 is 0. The van der Waals surface area contributed by atoms with E-state index in [2.05, 4.69) is 0 Å². The van der Waals surface area contributed by atoms with E-state index < -0.39 is 0 Å². The minimum atomic E-state index is -0.0975. The Kier molecular flexibility index (Phi) is 4.26. The van der Waals surface area contributed by atoms with Crippen LogP contribution in [0, 0.1) is 0 Å². The molecule has 17 heavy (non-hydrogen) atoms. The van der Waals surface area contributed by atoms with Gasteiger partial charge in [-0.05, 0) is 30.5 Å². The average molecular weight is 274 g/mol. The summed E-state index contributed by atoms with van der Waals surface area (Å²) in [7, 11) is 0. The fourth-order valence-corrected chi connectivity index (χ4v) is 2.27. The molecule has 1 saturated heterocycles. The zero-order chi connectivity index (χ0) is 12.3. The van der Waals surface area contributed by atoms with Crippen LogP contribution in [0.3, 0.4) is 0 Å². The van der Waals surface area contributed by atoms with Crippen LogP contribution in [0.1, 0.15) is 18.4 Å². The first-order valence-corrected chi connectivity index (χ1v) is 6.30.